The second kappa shape index (κ2) is 4.72. The highest BCUT2D eigenvalue weighted by molar-refractivity contribution is 5.85. The van der Waals surface area contributed by atoms with Gasteiger partial charge in [0.15, 0.2) is 5.69 Å². The maximum Gasteiger partial charge on any atom is 0.354 e. The molecule has 0 fully saturated rings. The second-order valence-corrected chi connectivity index (χ2v) is 3.60. The zero-order chi connectivity index (χ0) is 11.4. The Hall–Kier alpha value is -1.65. The Labute approximate surface area is 87.2 Å². The van der Waals surface area contributed by atoms with Gasteiger partial charge in [-0.05, 0) is 5.92 Å². The van der Waals surface area contributed by atoms with E-state index in [1.165, 1.54) is 0 Å². The molecule has 2 N–H and O–H groups in total. The van der Waals surface area contributed by atoms with E-state index in [1.807, 2.05) is 13.8 Å². The molecule has 0 aromatic carbocycles. The SMILES string of the molecule is CCC(C)Cc1nc(C(=O)O)cc(=O)[nH]1. The molecule has 0 aliphatic rings. The summed E-state index contributed by atoms with van der Waals surface area (Å²) in [6.45, 7) is 4.05. The fourth-order valence-electron chi connectivity index (χ4n) is 1.19. The van der Waals surface area contributed by atoms with Crippen molar-refractivity contribution in [1.29, 1.82) is 0 Å². The number of nitrogens with one attached hydrogen (secondary N) is 1. The molecule has 0 saturated carbocycles. The van der Waals surface area contributed by atoms with E-state index in [9.17, 15) is 9.59 Å². The predicted octanol–water partition coefficient (Wildman–Crippen LogP) is 1.06. The number of aromatic amines is 1. The molecule has 5 nitrogen and oxygen atoms in total. The fraction of sp³-hybridized carbons (Fsp3) is 0.500. The van der Waals surface area contributed by atoms with Gasteiger partial charge in [-0.2, -0.15) is 0 Å². The van der Waals surface area contributed by atoms with E-state index in [4.69, 9.17) is 5.11 Å². The minimum absolute atomic E-state index is 0.197. The van der Waals surface area contributed by atoms with Crippen LogP contribution in [0.4, 0.5) is 0 Å². The average Bonchev–Trinajstić information content (AvgIpc) is 2.16. The van der Waals surface area contributed by atoms with Gasteiger partial charge in [0.25, 0.3) is 5.56 Å². The summed E-state index contributed by atoms with van der Waals surface area (Å²) in [5, 5.41) is 8.71. The molecule has 0 aliphatic heterocycles. The van der Waals surface area contributed by atoms with Gasteiger partial charge < -0.3 is 10.1 Å². The molecule has 1 rings (SSSR count). The third-order valence-electron chi connectivity index (χ3n) is 2.25. The Morgan fingerprint density at radius 3 is 2.87 bits per heavy atom. The van der Waals surface area contributed by atoms with Crippen LogP contribution in [-0.4, -0.2) is 21.0 Å². The van der Waals surface area contributed by atoms with Crippen molar-refractivity contribution in [3.05, 3.63) is 27.9 Å². The van der Waals surface area contributed by atoms with E-state index in [2.05, 4.69) is 9.97 Å². The van der Waals surface area contributed by atoms with Crippen molar-refractivity contribution >= 4 is 5.97 Å². The normalized spacial score (nSPS) is 12.4. The number of rotatable bonds is 4. The fourth-order valence-corrected chi connectivity index (χ4v) is 1.19. The van der Waals surface area contributed by atoms with Crippen molar-refractivity contribution in [2.45, 2.75) is 26.7 Å². The van der Waals surface area contributed by atoms with Crippen molar-refractivity contribution in [3.8, 4) is 0 Å². The van der Waals surface area contributed by atoms with Crippen molar-refractivity contribution in [2.24, 2.45) is 5.92 Å². The van der Waals surface area contributed by atoms with Crippen LogP contribution in [0.3, 0.4) is 0 Å². The first kappa shape index (κ1) is 11.4. The predicted molar refractivity (Wildman–Crippen MR) is 55.0 cm³/mol. The average molecular weight is 210 g/mol. The zero-order valence-electron chi connectivity index (χ0n) is 8.78. The van der Waals surface area contributed by atoms with Gasteiger partial charge in [0, 0.05) is 12.5 Å². The number of nitrogens with zero attached hydrogens (tertiary/aromatic N) is 1. The standard InChI is InChI=1S/C10H14N2O3/c1-3-6(2)4-8-11-7(10(14)15)5-9(13)12-8/h5-6H,3-4H2,1-2H3,(H,14,15)(H,11,12,13). The summed E-state index contributed by atoms with van der Waals surface area (Å²) >= 11 is 0. The maximum atomic E-state index is 11.1. The maximum absolute atomic E-state index is 11.1. The molecule has 0 saturated heterocycles. The summed E-state index contributed by atoms with van der Waals surface area (Å²) in [5.41, 5.74) is -0.613. The number of hydrogen-bond acceptors (Lipinski definition) is 3. The van der Waals surface area contributed by atoms with Crippen LogP contribution in [0.1, 0.15) is 36.6 Å². The number of carboxylic acids is 1. The van der Waals surface area contributed by atoms with Gasteiger partial charge in [-0.3, -0.25) is 4.79 Å². The molecular weight excluding hydrogens is 196 g/mol. The van der Waals surface area contributed by atoms with Crippen LogP contribution in [0.15, 0.2) is 10.9 Å². The first-order valence-electron chi connectivity index (χ1n) is 4.86. The zero-order valence-corrected chi connectivity index (χ0v) is 8.78. The third kappa shape index (κ3) is 3.19. The number of aromatic carboxylic acids is 1. The molecule has 0 aliphatic carbocycles. The first-order valence-corrected chi connectivity index (χ1v) is 4.86. The Morgan fingerprint density at radius 1 is 1.67 bits per heavy atom. The Kier molecular flexibility index (Phi) is 3.60. The molecule has 0 bridgehead atoms. The first-order chi connectivity index (χ1) is 7.02. The lowest BCUT2D eigenvalue weighted by Gasteiger charge is -2.07. The van der Waals surface area contributed by atoms with Crippen LogP contribution >= 0.6 is 0 Å². The largest absolute Gasteiger partial charge is 0.477 e. The molecule has 1 aromatic heterocycles. The molecule has 82 valence electrons. The van der Waals surface area contributed by atoms with Crippen LogP contribution in [0, 0.1) is 5.92 Å². The van der Waals surface area contributed by atoms with E-state index >= 15 is 0 Å². The van der Waals surface area contributed by atoms with E-state index < -0.39 is 11.5 Å². The molecule has 1 aromatic rings. The van der Waals surface area contributed by atoms with Crippen LogP contribution in [-0.2, 0) is 6.42 Å². The smallest absolute Gasteiger partial charge is 0.354 e. The molecule has 0 radical (unpaired) electrons. The van der Waals surface area contributed by atoms with Crippen LogP contribution in [0.5, 0.6) is 0 Å². The quantitative estimate of drug-likeness (QED) is 0.778. The van der Waals surface area contributed by atoms with Crippen LogP contribution in [0.2, 0.25) is 0 Å². The van der Waals surface area contributed by atoms with Crippen molar-refractivity contribution in [2.75, 3.05) is 0 Å². The number of aromatic nitrogens is 2. The van der Waals surface area contributed by atoms with E-state index in [1.54, 1.807) is 0 Å². The van der Waals surface area contributed by atoms with Crippen molar-refractivity contribution in [3.63, 3.8) is 0 Å². The summed E-state index contributed by atoms with van der Waals surface area (Å²) < 4.78 is 0. The van der Waals surface area contributed by atoms with Gasteiger partial charge in [0.05, 0.1) is 0 Å². The lowest BCUT2D eigenvalue weighted by Crippen LogP contribution is -2.17. The van der Waals surface area contributed by atoms with Crippen molar-refractivity contribution in [1.82, 2.24) is 9.97 Å². The lowest BCUT2D eigenvalue weighted by molar-refractivity contribution is 0.0689. The molecular formula is C10H14N2O3. The van der Waals surface area contributed by atoms with Gasteiger partial charge in [-0.15, -0.1) is 0 Å². The minimum atomic E-state index is -1.17. The molecule has 1 heterocycles. The summed E-state index contributed by atoms with van der Waals surface area (Å²) in [6.07, 6.45) is 1.55. The van der Waals surface area contributed by atoms with Gasteiger partial charge in [-0.1, -0.05) is 20.3 Å². The van der Waals surface area contributed by atoms with Crippen molar-refractivity contribution < 1.29 is 9.90 Å². The Bertz CT molecular complexity index is 411. The molecule has 0 amide bonds. The Balaban J connectivity index is 2.99. The highest BCUT2D eigenvalue weighted by atomic mass is 16.4. The monoisotopic (exact) mass is 210 g/mol. The molecule has 1 unspecified atom stereocenters. The number of hydrogen-bond donors (Lipinski definition) is 2. The van der Waals surface area contributed by atoms with Gasteiger partial charge in [0.1, 0.15) is 5.82 Å². The highest BCUT2D eigenvalue weighted by Crippen LogP contribution is 2.06. The summed E-state index contributed by atoms with van der Waals surface area (Å²) in [5.74, 6) is -0.363. The van der Waals surface area contributed by atoms with Gasteiger partial charge in [-0.25, -0.2) is 9.78 Å². The third-order valence-corrected chi connectivity index (χ3v) is 2.25. The van der Waals surface area contributed by atoms with Gasteiger partial charge >= 0.3 is 5.97 Å². The van der Waals surface area contributed by atoms with E-state index in [0.717, 1.165) is 12.5 Å². The summed E-state index contributed by atoms with van der Waals surface area (Å²) in [4.78, 5) is 28.2. The minimum Gasteiger partial charge on any atom is -0.477 e. The second-order valence-electron chi connectivity index (χ2n) is 3.60. The number of carbonyl (C=O) groups is 1. The molecule has 0 spiro atoms. The van der Waals surface area contributed by atoms with E-state index in [0.29, 0.717) is 18.2 Å². The van der Waals surface area contributed by atoms with E-state index in [-0.39, 0.29) is 5.69 Å². The molecule has 1 atom stereocenters. The number of carboxylic acid groups (broad SMARTS) is 1. The van der Waals surface area contributed by atoms with Gasteiger partial charge in [0.2, 0.25) is 0 Å². The number of H-pyrrole nitrogens is 1. The Morgan fingerprint density at radius 2 is 2.33 bits per heavy atom. The topological polar surface area (TPSA) is 83.0 Å². The van der Waals surface area contributed by atoms with Crippen LogP contribution < -0.4 is 5.56 Å². The lowest BCUT2D eigenvalue weighted by atomic mass is 10.1. The van der Waals surface area contributed by atoms with Crippen LogP contribution in [0.25, 0.3) is 0 Å². The summed E-state index contributed by atoms with van der Waals surface area (Å²) in [7, 11) is 0. The molecule has 5 heteroatoms. The molecule has 15 heavy (non-hydrogen) atoms. The highest BCUT2D eigenvalue weighted by Gasteiger charge is 2.09. The summed E-state index contributed by atoms with van der Waals surface area (Å²) in [6, 6.07) is 0.989.